The van der Waals surface area contributed by atoms with Crippen LogP contribution >= 0.6 is 15.9 Å². The van der Waals surface area contributed by atoms with Crippen LogP contribution in [0.4, 0.5) is 8.78 Å². The number of rotatable bonds is 6. The highest BCUT2D eigenvalue weighted by molar-refractivity contribution is 9.10. The summed E-state index contributed by atoms with van der Waals surface area (Å²) in [6.45, 7) is 4.10. The van der Waals surface area contributed by atoms with Gasteiger partial charge in [0.25, 0.3) is 0 Å². The van der Waals surface area contributed by atoms with E-state index in [1.165, 1.54) is 12.1 Å². The molecule has 0 aliphatic carbocycles. The number of hydrazine groups is 1. The zero-order chi connectivity index (χ0) is 13.7. The molecule has 0 bridgehead atoms. The summed E-state index contributed by atoms with van der Waals surface area (Å²) in [4.78, 5) is 0. The second-order valence-corrected chi connectivity index (χ2v) is 5.42. The second kappa shape index (κ2) is 7.16. The highest BCUT2D eigenvalue weighted by Gasteiger charge is 2.21. The van der Waals surface area contributed by atoms with E-state index in [9.17, 15) is 8.78 Å². The molecule has 102 valence electrons. The average molecular weight is 321 g/mol. The molecule has 1 rings (SSSR count). The van der Waals surface area contributed by atoms with Crippen molar-refractivity contribution in [3.05, 3.63) is 33.8 Å². The zero-order valence-corrected chi connectivity index (χ0v) is 12.2. The number of nitrogens with two attached hydrogens (primary N) is 1. The number of nitrogens with one attached hydrogen (secondary N) is 1. The Hall–Kier alpha value is -0.520. The fourth-order valence-electron chi connectivity index (χ4n) is 2.06. The number of benzene rings is 1. The minimum atomic E-state index is -0.543. The molecular formula is C13H19BrF2N2. The van der Waals surface area contributed by atoms with Gasteiger partial charge in [0.05, 0.1) is 4.47 Å². The van der Waals surface area contributed by atoms with Crippen LogP contribution < -0.4 is 11.3 Å². The lowest BCUT2D eigenvalue weighted by Crippen LogP contribution is -2.41. The number of hydrogen-bond donors (Lipinski definition) is 2. The van der Waals surface area contributed by atoms with Gasteiger partial charge in [-0.3, -0.25) is 11.3 Å². The van der Waals surface area contributed by atoms with E-state index in [2.05, 4.69) is 28.3 Å². The van der Waals surface area contributed by atoms with Crippen LogP contribution in [0.3, 0.4) is 0 Å². The molecule has 2 atom stereocenters. The highest BCUT2D eigenvalue weighted by atomic mass is 79.9. The van der Waals surface area contributed by atoms with Gasteiger partial charge in [-0.15, -0.1) is 0 Å². The first-order chi connectivity index (χ1) is 8.51. The first-order valence-electron chi connectivity index (χ1n) is 6.09. The minimum absolute atomic E-state index is 0.0790. The molecule has 3 N–H and O–H groups in total. The third-order valence-electron chi connectivity index (χ3n) is 3.21. The molecule has 2 nitrogen and oxygen atoms in total. The van der Waals surface area contributed by atoms with E-state index in [1.807, 2.05) is 6.92 Å². The molecule has 0 aliphatic rings. The lowest BCUT2D eigenvalue weighted by atomic mass is 9.91. The molecule has 2 unspecified atom stereocenters. The Kier molecular flexibility index (Phi) is 6.18. The predicted molar refractivity (Wildman–Crippen MR) is 72.9 cm³/mol. The lowest BCUT2D eigenvalue weighted by Gasteiger charge is -2.23. The summed E-state index contributed by atoms with van der Waals surface area (Å²) in [6.07, 6.45) is 2.23. The fourth-order valence-corrected chi connectivity index (χ4v) is 2.43. The van der Waals surface area contributed by atoms with Crippen molar-refractivity contribution in [2.75, 3.05) is 0 Å². The van der Waals surface area contributed by atoms with E-state index >= 15 is 0 Å². The van der Waals surface area contributed by atoms with Crippen LogP contribution in [0.1, 0.15) is 32.3 Å². The monoisotopic (exact) mass is 320 g/mol. The Labute approximate surface area is 115 Å². The first-order valence-corrected chi connectivity index (χ1v) is 6.89. The summed E-state index contributed by atoms with van der Waals surface area (Å²) in [5, 5.41) is 0. The molecule has 0 aromatic heterocycles. The molecule has 0 saturated carbocycles. The van der Waals surface area contributed by atoms with Gasteiger partial charge in [-0.05, 0) is 46.8 Å². The Morgan fingerprint density at radius 2 is 2.06 bits per heavy atom. The van der Waals surface area contributed by atoms with Crippen molar-refractivity contribution in [1.82, 2.24) is 5.43 Å². The van der Waals surface area contributed by atoms with Crippen molar-refractivity contribution in [3.63, 3.8) is 0 Å². The molecule has 0 aliphatic heterocycles. The van der Waals surface area contributed by atoms with Gasteiger partial charge >= 0.3 is 0 Å². The molecule has 1 aromatic carbocycles. The lowest BCUT2D eigenvalue weighted by molar-refractivity contribution is 0.349. The number of halogens is 3. The quantitative estimate of drug-likeness (QED) is 0.478. The Morgan fingerprint density at radius 1 is 1.39 bits per heavy atom. The molecule has 0 heterocycles. The Morgan fingerprint density at radius 3 is 2.61 bits per heavy atom. The SMILES string of the molecule is CCCC(C)C(Cc1c(F)ccc(Br)c1F)NN. The van der Waals surface area contributed by atoms with Gasteiger partial charge < -0.3 is 0 Å². The van der Waals surface area contributed by atoms with Gasteiger partial charge in [-0.25, -0.2) is 8.78 Å². The van der Waals surface area contributed by atoms with Crippen molar-refractivity contribution in [2.24, 2.45) is 11.8 Å². The van der Waals surface area contributed by atoms with E-state index < -0.39 is 11.6 Å². The minimum Gasteiger partial charge on any atom is -0.271 e. The first kappa shape index (κ1) is 15.5. The van der Waals surface area contributed by atoms with Crippen molar-refractivity contribution in [2.45, 2.75) is 39.2 Å². The normalized spacial score (nSPS) is 14.6. The standard InChI is InChI=1S/C13H19BrF2N2/c1-3-4-8(2)12(18-17)7-9-11(15)6-5-10(14)13(9)16/h5-6,8,12,18H,3-4,7,17H2,1-2H3. The van der Waals surface area contributed by atoms with Crippen LogP contribution in [0.25, 0.3) is 0 Å². The molecule has 5 heteroatoms. The van der Waals surface area contributed by atoms with Crippen molar-refractivity contribution < 1.29 is 8.78 Å². The van der Waals surface area contributed by atoms with Gasteiger partial charge in [-0.2, -0.15) is 0 Å². The summed E-state index contributed by atoms with van der Waals surface area (Å²) in [5.74, 6) is 4.67. The Balaban J connectivity index is 2.91. The molecule has 0 radical (unpaired) electrons. The predicted octanol–water partition coefficient (Wildman–Crippen LogP) is 3.54. The van der Waals surface area contributed by atoms with Crippen molar-refractivity contribution in [3.8, 4) is 0 Å². The van der Waals surface area contributed by atoms with Crippen molar-refractivity contribution >= 4 is 15.9 Å². The van der Waals surface area contributed by atoms with Crippen LogP contribution in [0.2, 0.25) is 0 Å². The van der Waals surface area contributed by atoms with E-state index in [0.717, 1.165) is 12.8 Å². The summed E-state index contributed by atoms with van der Waals surface area (Å²) in [6, 6.07) is 2.50. The van der Waals surface area contributed by atoms with Crippen LogP contribution in [0.5, 0.6) is 0 Å². The van der Waals surface area contributed by atoms with Crippen LogP contribution in [0.15, 0.2) is 16.6 Å². The molecule has 0 spiro atoms. The van der Waals surface area contributed by atoms with Crippen LogP contribution in [-0.4, -0.2) is 6.04 Å². The van der Waals surface area contributed by atoms with E-state index in [1.54, 1.807) is 0 Å². The summed E-state index contributed by atoms with van der Waals surface area (Å²) >= 11 is 3.07. The van der Waals surface area contributed by atoms with E-state index in [4.69, 9.17) is 5.84 Å². The van der Waals surface area contributed by atoms with Gasteiger partial charge in [0, 0.05) is 11.6 Å². The third kappa shape index (κ3) is 3.73. The largest absolute Gasteiger partial charge is 0.271 e. The molecule has 0 amide bonds. The maximum atomic E-state index is 13.9. The number of hydrogen-bond acceptors (Lipinski definition) is 2. The topological polar surface area (TPSA) is 38.0 Å². The van der Waals surface area contributed by atoms with Crippen molar-refractivity contribution in [1.29, 1.82) is 0 Å². The molecule has 1 aromatic rings. The molecular weight excluding hydrogens is 302 g/mol. The average Bonchev–Trinajstić information content (AvgIpc) is 2.34. The smallest absolute Gasteiger partial charge is 0.143 e. The van der Waals surface area contributed by atoms with Gasteiger partial charge in [0.2, 0.25) is 0 Å². The van der Waals surface area contributed by atoms with Gasteiger partial charge in [0.1, 0.15) is 11.6 Å². The molecule has 0 saturated heterocycles. The van der Waals surface area contributed by atoms with Crippen LogP contribution in [-0.2, 0) is 6.42 Å². The highest BCUT2D eigenvalue weighted by Crippen LogP contribution is 2.24. The summed E-state index contributed by atoms with van der Waals surface area (Å²) < 4.78 is 27.8. The fraction of sp³-hybridized carbons (Fsp3) is 0.538. The zero-order valence-electron chi connectivity index (χ0n) is 10.6. The Bertz CT molecular complexity index is 399. The van der Waals surface area contributed by atoms with Gasteiger partial charge in [0.15, 0.2) is 0 Å². The summed E-state index contributed by atoms with van der Waals surface area (Å²) in [7, 11) is 0. The summed E-state index contributed by atoms with van der Waals surface area (Å²) in [5.41, 5.74) is 2.74. The second-order valence-electron chi connectivity index (χ2n) is 4.56. The third-order valence-corrected chi connectivity index (χ3v) is 3.82. The van der Waals surface area contributed by atoms with Gasteiger partial charge in [-0.1, -0.05) is 20.3 Å². The van der Waals surface area contributed by atoms with Crippen LogP contribution in [0, 0.1) is 17.6 Å². The molecule has 0 fully saturated rings. The molecule has 18 heavy (non-hydrogen) atoms. The van der Waals surface area contributed by atoms with E-state index in [-0.39, 0.29) is 28.4 Å². The maximum absolute atomic E-state index is 13.9. The van der Waals surface area contributed by atoms with E-state index in [0.29, 0.717) is 0 Å². The maximum Gasteiger partial charge on any atom is 0.143 e.